The van der Waals surface area contributed by atoms with Crippen LogP contribution in [0.2, 0.25) is 5.02 Å². The van der Waals surface area contributed by atoms with Gasteiger partial charge in [-0.25, -0.2) is 0 Å². The van der Waals surface area contributed by atoms with E-state index in [9.17, 15) is 4.79 Å². The summed E-state index contributed by atoms with van der Waals surface area (Å²) in [4.78, 5) is 14.1. The summed E-state index contributed by atoms with van der Waals surface area (Å²) in [7, 11) is 3.99. The summed E-state index contributed by atoms with van der Waals surface area (Å²) >= 11 is 7.29. The molecule has 1 aliphatic heterocycles. The molecule has 0 saturated carbocycles. The fourth-order valence-electron chi connectivity index (χ4n) is 2.43. The molecule has 1 aliphatic rings. The third-order valence-electron chi connectivity index (χ3n) is 3.88. The number of amides is 1. The third-order valence-corrected chi connectivity index (χ3v) is 5.20. The number of carbonyl (C=O) groups is 1. The van der Waals surface area contributed by atoms with Gasteiger partial charge in [0.15, 0.2) is 5.17 Å². The Labute approximate surface area is 162 Å². The molecule has 3 rings (SSSR count). The van der Waals surface area contributed by atoms with Crippen molar-refractivity contribution in [3.05, 3.63) is 64.7 Å². The van der Waals surface area contributed by atoms with Crippen molar-refractivity contribution in [2.24, 2.45) is 10.2 Å². The molecule has 1 atom stereocenters. The minimum Gasteiger partial charge on any atom is -0.378 e. The van der Waals surface area contributed by atoms with Crippen LogP contribution in [0.4, 0.5) is 5.69 Å². The van der Waals surface area contributed by atoms with Crippen molar-refractivity contribution in [1.82, 2.24) is 5.32 Å². The van der Waals surface area contributed by atoms with Crippen molar-refractivity contribution >= 4 is 46.3 Å². The second kappa shape index (κ2) is 8.38. The van der Waals surface area contributed by atoms with Gasteiger partial charge in [-0.05, 0) is 41.8 Å². The van der Waals surface area contributed by atoms with Crippen LogP contribution in [0.25, 0.3) is 0 Å². The first-order valence-corrected chi connectivity index (χ1v) is 9.37. The molecule has 5 nitrogen and oxygen atoms in total. The van der Waals surface area contributed by atoms with E-state index in [0.29, 0.717) is 16.6 Å². The second-order valence-electron chi connectivity index (χ2n) is 6.06. The zero-order chi connectivity index (χ0) is 18.5. The number of thioether (sulfide) groups is 1. The minimum atomic E-state index is -0.204. The topological polar surface area (TPSA) is 57.1 Å². The van der Waals surface area contributed by atoms with Crippen molar-refractivity contribution in [3.63, 3.8) is 0 Å². The maximum absolute atomic E-state index is 12.1. The molecule has 0 radical (unpaired) electrons. The highest BCUT2D eigenvalue weighted by atomic mass is 35.5. The van der Waals surface area contributed by atoms with Crippen molar-refractivity contribution < 1.29 is 4.79 Å². The summed E-state index contributed by atoms with van der Waals surface area (Å²) in [6.07, 6.45) is 2.30. The molecule has 26 heavy (non-hydrogen) atoms. The number of carbonyl (C=O) groups excluding carboxylic acids is 1. The number of rotatable bonds is 5. The van der Waals surface area contributed by atoms with E-state index < -0.39 is 0 Å². The number of benzene rings is 2. The first kappa shape index (κ1) is 18.5. The summed E-state index contributed by atoms with van der Waals surface area (Å²) in [5.74, 6) is -0.0470. The summed E-state index contributed by atoms with van der Waals surface area (Å²) in [5.41, 5.74) is 3.14. The van der Waals surface area contributed by atoms with Crippen LogP contribution >= 0.6 is 23.4 Å². The zero-order valence-corrected chi connectivity index (χ0v) is 16.1. The van der Waals surface area contributed by atoms with E-state index >= 15 is 0 Å². The Morgan fingerprint density at radius 2 is 1.85 bits per heavy atom. The first-order valence-electron chi connectivity index (χ1n) is 8.11. The molecular weight excluding hydrogens is 368 g/mol. The number of hydrogen-bond acceptors (Lipinski definition) is 5. The molecule has 0 aliphatic carbocycles. The Morgan fingerprint density at radius 3 is 2.50 bits per heavy atom. The van der Waals surface area contributed by atoms with Gasteiger partial charge in [0.1, 0.15) is 0 Å². The Bertz CT molecular complexity index is 832. The van der Waals surface area contributed by atoms with Crippen LogP contribution in [-0.2, 0) is 11.2 Å². The van der Waals surface area contributed by atoms with Crippen LogP contribution in [0.3, 0.4) is 0 Å². The second-order valence-corrected chi connectivity index (χ2v) is 7.69. The molecule has 1 heterocycles. The van der Waals surface area contributed by atoms with Crippen LogP contribution in [0.1, 0.15) is 11.1 Å². The number of halogens is 1. The highest BCUT2D eigenvalue weighted by Gasteiger charge is 2.30. The summed E-state index contributed by atoms with van der Waals surface area (Å²) in [6, 6.07) is 15.5. The quantitative estimate of drug-likeness (QED) is 0.631. The van der Waals surface area contributed by atoms with Gasteiger partial charge in [-0.15, -0.1) is 5.10 Å². The van der Waals surface area contributed by atoms with Gasteiger partial charge in [-0.2, -0.15) is 5.10 Å². The predicted octanol–water partition coefficient (Wildman–Crippen LogP) is 3.57. The SMILES string of the molecule is CN(C)c1ccc(/C=N\N=C2/NC(=O)[C@@H](Cc3ccc(Cl)cc3)S2)cc1. The molecule has 0 bridgehead atoms. The fraction of sp³-hybridized carbons (Fsp3) is 0.211. The molecule has 1 saturated heterocycles. The maximum atomic E-state index is 12.1. The molecular formula is C19H19ClN4OS. The average molecular weight is 387 g/mol. The van der Waals surface area contributed by atoms with Crippen molar-refractivity contribution in [2.75, 3.05) is 19.0 Å². The highest BCUT2D eigenvalue weighted by Crippen LogP contribution is 2.24. The van der Waals surface area contributed by atoms with E-state index in [1.807, 2.05) is 67.5 Å². The first-order chi connectivity index (χ1) is 12.5. The standard InChI is InChI=1S/C19H19ClN4OS/c1-24(2)16-9-5-14(6-10-16)12-21-23-19-22-18(25)17(26-19)11-13-3-7-15(20)8-4-13/h3-10,12,17H,11H2,1-2H3,(H,22,23,25)/b21-12-/t17-/m1/s1. The summed E-state index contributed by atoms with van der Waals surface area (Å²) in [6.45, 7) is 0. The molecule has 0 aromatic heterocycles. The third kappa shape index (κ3) is 4.86. The molecule has 134 valence electrons. The zero-order valence-electron chi connectivity index (χ0n) is 14.5. The Balaban J connectivity index is 1.59. The Hall–Kier alpha value is -2.31. The number of anilines is 1. The largest absolute Gasteiger partial charge is 0.378 e. The van der Waals surface area contributed by atoms with Gasteiger partial charge in [0.05, 0.1) is 11.5 Å². The highest BCUT2D eigenvalue weighted by molar-refractivity contribution is 8.15. The van der Waals surface area contributed by atoms with Gasteiger partial charge in [0, 0.05) is 24.8 Å². The van der Waals surface area contributed by atoms with E-state index in [2.05, 4.69) is 15.5 Å². The Morgan fingerprint density at radius 1 is 1.15 bits per heavy atom. The lowest BCUT2D eigenvalue weighted by atomic mass is 10.1. The molecule has 0 unspecified atom stereocenters. The van der Waals surface area contributed by atoms with Crippen LogP contribution in [0.5, 0.6) is 0 Å². The molecule has 1 amide bonds. The molecule has 7 heteroatoms. The lowest BCUT2D eigenvalue weighted by molar-refractivity contribution is -0.118. The van der Waals surface area contributed by atoms with Gasteiger partial charge in [0.2, 0.25) is 5.91 Å². The summed E-state index contributed by atoms with van der Waals surface area (Å²) < 4.78 is 0. The molecule has 0 spiro atoms. The lowest BCUT2D eigenvalue weighted by Gasteiger charge is -2.11. The van der Waals surface area contributed by atoms with Crippen molar-refractivity contribution in [2.45, 2.75) is 11.7 Å². The molecule has 2 aromatic rings. The van der Waals surface area contributed by atoms with E-state index in [1.165, 1.54) is 11.8 Å². The van der Waals surface area contributed by atoms with E-state index in [1.54, 1.807) is 6.21 Å². The number of nitrogens with one attached hydrogen (secondary N) is 1. The number of amidine groups is 1. The molecule has 2 aromatic carbocycles. The van der Waals surface area contributed by atoms with E-state index in [0.717, 1.165) is 16.8 Å². The Kier molecular flexibility index (Phi) is 5.96. The smallest absolute Gasteiger partial charge is 0.239 e. The van der Waals surface area contributed by atoms with Crippen molar-refractivity contribution in [1.29, 1.82) is 0 Å². The predicted molar refractivity (Wildman–Crippen MR) is 110 cm³/mol. The van der Waals surface area contributed by atoms with E-state index in [-0.39, 0.29) is 11.2 Å². The lowest BCUT2D eigenvalue weighted by Crippen LogP contribution is -2.25. The van der Waals surface area contributed by atoms with Gasteiger partial charge in [-0.3, -0.25) is 4.79 Å². The van der Waals surface area contributed by atoms with Crippen LogP contribution in [0.15, 0.2) is 58.7 Å². The minimum absolute atomic E-state index is 0.0470. The van der Waals surface area contributed by atoms with Gasteiger partial charge < -0.3 is 10.2 Å². The summed E-state index contributed by atoms with van der Waals surface area (Å²) in [5, 5.41) is 12.0. The molecule has 1 N–H and O–H groups in total. The van der Waals surface area contributed by atoms with Crippen LogP contribution < -0.4 is 10.2 Å². The maximum Gasteiger partial charge on any atom is 0.239 e. The molecule has 1 fully saturated rings. The van der Waals surface area contributed by atoms with Gasteiger partial charge >= 0.3 is 0 Å². The van der Waals surface area contributed by atoms with Gasteiger partial charge in [0.25, 0.3) is 0 Å². The van der Waals surface area contributed by atoms with Crippen LogP contribution in [0, 0.1) is 0 Å². The fourth-order valence-corrected chi connectivity index (χ4v) is 3.52. The number of hydrogen-bond donors (Lipinski definition) is 1. The van der Waals surface area contributed by atoms with Crippen molar-refractivity contribution in [3.8, 4) is 0 Å². The van der Waals surface area contributed by atoms with Gasteiger partial charge in [-0.1, -0.05) is 47.6 Å². The monoisotopic (exact) mass is 386 g/mol. The normalized spacial score (nSPS) is 18.5. The van der Waals surface area contributed by atoms with E-state index in [4.69, 9.17) is 11.6 Å². The van der Waals surface area contributed by atoms with Crippen LogP contribution in [-0.4, -0.2) is 36.6 Å². The average Bonchev–Trinajstić information content (AvgIpc) is 2.97. The number of nitrogens with zero attached hydrogens (tertiary/aromatic N) is 3.